The van der Waals surface area contributed by atoms with E-state index in [1.54, 1.807) is 13.8 Å². The second-order valence-corrected chi connectivity index (χ2v) is 3.56. The van der Waals surface area contributed by atoms with Gasteiger partial charge < -0.3 is 9.53 Å². The lowest BCUT2D eigenvalue weighted by Crippen LogP contribution is -1.96. The smallest absolute Gasteiger partial charge is 0.149 e. The first-order valence-corrected chi connectivity index (χ1v) is 5.33. The molecule has 16 heavy (non-hydrogen) atoms. The van der Waals surface area contributed by atoms with Crippen molar-refractivity contribution in [3.8, 4) is 17.6 Å². The molecule has 1 rings (SSSR count). The van der Waals surface area contributed by atoms with Crippen molar-refractivity contribution in [3.05, 3.63) is 29.8 Å². The van der Waals surface area contributed by atoms with E-state index in [1.807, 2.05) is 24.3 Å². The summed E-state index contributed by atoms with van der Waals surface area (Å²) >= 11 is 0. The summed E-state index contributed by atoms with van der Waals surface area (Å²) in [6, 6.07) is 7.79. The third kappa shape index (κ3) is 4.65. The van der Waals surface area contributed by atoms with Gasteiger partial charge in [0.05, 0.1) is 0 Å². The molecule has 2 heteroatoms. The van der Waals surface area contributed by atoms with E-state index in [0.29, 0.717) is 13.0 Å². The van der Waals surface area contributed by atoms with Gasteiger partial charge in [0.25, 0.3) is 0 Å². The quantitative estimate of drug-likeness (QED) is 0.707. The molecular formula is C14H16O2. The van der Waals surface area contributed by atoms with Crippen LogP contribution >= 0.6 is 0 Å². The number of ether oxygens (including phenoxy) is 1. The normalized spacial score (nSPS) is 9.12. The van der Waals surface area contributed by atoms with Crippen LogP contribution in [0.1, 0.15) is 25.8 Å². The van der Waals surface area contributed by atoms with E-state index in [4.69, 9.17) is 4.74 Å². The summed E-state index contributed by atoms with van der Waals surface area (Å²) in [5, 5.41) is 0. The second-order valence-electron chi connectivity index (χ2n) is 3.56. The van der Waals surface area contributed by atoms with Crippen LogP contribution in [-0.2, 0) is 11.2 Å². The Bertz CT molecular complexity index is 393. The number of rotatable bonds is 5. The number of benzene rings is 1. The Morgan fingerprint density at radius 1 is 1.31 bits per heavy atom. The zero-order valence-electron chi connectivity index (χ0n) is 9.75. The van der Waals surface area contributed by atoms with Gasteiger partial charge in [-0.2, -0.15) is 0 Å². The number of ketones is 1. The molecule has 0 aliphatic heterocycles. The van der Waals surface area contributed by atoms with Gasteiger partial charge in [0.2, 0.25) is 0 Å². The monoisotopic (exact) mass is 216 g/mol. The van der Waals surface area contributed by atoms with Gasteiger partial charge in [0.1, 0.15) is 18.1 Å². The average Bonchev–Trinajstić information content (AvgIpc) is 2.28. The third-order valence-corrected chi connectivity index (χ3v) is 2.18. The second kappa shape index (κ2) is 6.68. The zero-order chi connectivity index (χ0) is 11.8. The molecule has 0 N–H and O–H groups in total. The van der Waals surface area contributed by atoms with Crippen molar-refractivity contribution in [2.45, 2.75) is 26.7 Å². The fourth-order valence-corrected chi connectivity index (χ4v) is 1.26. The van der Waals surface area contributed by atoms with Crippen LogP contribution in [-0.4, -0.2) is 12.4 Å². The largest absolute Gasteiger partial charge is 0.481 e. The predicted octanol–water partition coefficient (Wildman–Crippen LogP) is 2.61. The number of carbonyl (C=O) groups is 1. The van der Waals surface area contributed by atoms with E-state index in [9.17, 15) is 4.79 Å². The number of hydrogen-bond donors (Lipinski definition) is 0. The van der Waals surface area contributed by atoms with Gasteiger partial charge in [-0.05, 0) is 38.0 Å². The Labute approximate surface area is 96.6 Å². The first kappa shape index (κ1) is 12.3. The van der Waals surface area contributed by atoms with Crippen LogP contribution in [0.5, 0.6) is 5.75 Å². The van der Waals surface area contributed by atoms with Crippen molar-refractivity contribution in [2.24, 2.45) is 0 Å². The highest BCUT2D eigenvalue weighted by Gasteiger charge is 1.97. The van der Waals surface area contributed by atoms with Crippen molar-refractivity contribution in [1.82, 2.24) is 0 Å². The predicted molar refractivity (Wildman–Crippen MR) is 64.4 cm³/mol. The molecule has 0 fully saturated rings. The fraction of sp³-hybridized carbons (Fsp3) is 0.357. The Hall–Kier alpha value is -1.75. The van der Waals surface area contributed by atoms with Gasteiger partial charge in [-0.25, -0.2) is 0 Å². The SMILES string of the molecule is CC#CCOc1ccc(CCC(C)=O)cc1. The maximum atomic E-state index is 10.8. The van der Waals surface area contributed by atoms with Gasteiger partial charge in [0.15, 0.2) is 0 Å². The van der Waals surface area contributed by atoms with E-state index in [1.165, 1.54) is 0 Å². The van der Waals surface area contributed by atoms with Crippen molar-refractivity contribution < 1.29 is 9.53 Å². The van der Waals surface area contributed by atoms with Gasteiger partial charge in [-0.3, -0.25) is 0 Å². The average molecular weight is 216 g/mol. The molecule has 0 aromatic heterocycles. The molecule has 0 unspecified atom stereocenters. The lowest BCUT2D eigenvalue weighted by molar-refractivity contribution is -0.116. The van der Waals surface area contributed by atoms with E-state index < -0.39 is 0 Å². The molecule has 0 atom stereocenters. The van der Waals surface area contributed by atoms with Gasteiger partial charge in [0, 0.05) is 6.42 Å². The van der Waals surface area contributed by atoms with E-state index in [2.05, 4.69) is 11.8 Å². The molecular weight excluding hydrogens is 200 g/mol. The Kier molecular flexibility index (Phi) is 5.15. The molecule has 2 nitrogen and oxygen atoms in total. The topological polar surface area (TPSA) is 26.3 Å². The molecule has 0 aliphatic rings. The summed E-state index contributed by atoms with van der Waals surface area (Å²) in [6.07, 6.45) is 1.39. The number of hydrogen-bond acceptors (Lipinski definition) is 2. The van der Waals surface area contributed by atoms with Crippen molar-refractivity contribution in [2.75, 3.05) is 6.61 Å². The lowest BCUT2D eigenvalue weighted by atomic mass is 10.1. The maximum Gasteiger partial charge on any atom is 0.149 e. The maximum absolute atomic E-state index is 10.8. The molecule has 1 aromatic rings. The molecule has 0 saturated carbocycles. The first-order chi connectivity index (χ1) is 7.72. The third-order valence-electron chi connectivity index (χ3n) is 2.18. The van der Waals surface area contributed by atoms with Crippen LogP contribution in [0.25, 0.3) is 0 Å². The Morgan fingerprint density at radius 2 is 2.00 bits per heavy atom. The molecule has 84 valence electrons. The molecule has 0 aliphatic carbocycles. The van der Waals surface area contributed by atoms with Crippen LogP contribution < -0.4 is 4.74 Å². The van der Waals surface area contributed by atoms with Crippen molar-refractivity contribution >= 4 is 5.78 Å². The minimum Gasteiger partial charge on any atom is -0.481 e. The van der Waals surface area contributed by atoms with Gasteiger partial charge >= 0.3 is 0 Å². The summed E-state index contributed by atoms with van der Waals surface area (Å²) in [5.74, 6) is 6.64. The molecule has 0 bridgehead atoms. The molecule has 0 spiro atoms. The Balaban J connectivity index is 2.46. The minimum absolute atomic E-state index is 0.221. The molecule has 0 radical (unpaired) electrons. The molecule has 0 saturated heterocycles. The van der Waals surface area contributed by atoms with Gasteiger partial charge in [-0.15, -0.1) is 5.92 Å². The van der Waals surface area contributed by atoms with E-state index in [0.717, 1.165) is 17.7 Å². The van der Waals surface area contributed by atoms with E-state index in [-0.39, 0.29) is 5.78 Å². The number of Topliss-reactive ketones (excluding diaryl/α,β-unsaturated/α-hetero) is 1. The molecule has 1 aromatic carbocycles. The highest BCUT2D eigenvalue weighted by Crippen LogP contribution is 2.13. The lowest BCUT2D eigenvalue weighted by Gasteiger charge is -2.03. The Morgan fingerprint density at radius 3 is 2.56 bits per heavy atom. The number of aryl methyl sites for hydroxylation is 1. The van der Waals surface area contributed by atoms with Crippen LogP contribution in [0.4, 0.5) is 0 Å². The fourth-order valence-electron chi connectivity index (χ4n) is 1.26. The highest BCUT2D eigenvalue weighted by molar-refractivity contribution is 5.75. The van der Waals surface area contributed by atoms with Crippen LogP contribution in [0, 0.1) is 11.8 Å². The number of carbonyl (C=O) groups excluding carboxylic acids is 1. The van der Waals surface area contributed by atoms with Crippen LogP contribution in [0.2, 0.25) is 0 Å². The van der Waals surface area contributed by atoms with Crippen LogP contribution in [0.3, 0.4) is 0 Å². The summed E-state index contributed by atoms with van der Waals surface area (Å²) < 4.78 is 5.39. The van der Waals surface area contributed by atoms with Crippen LogP contribution in [0.15, 0.2) is 24.3 Å². The summed E-state index contributed by atoms with van der Waals surface area (Å²) in [6.45, 7) is 3.82. The van der Waals surface area contributed by atoms with Gasteiger partial charge in [-0.1, -0.05) is 18.1 Å². The standard InChI is InChI=1S/C14H16O2/c1-3-4-11-16-14-9-7-13(8-10-14)6-5-12(2)15/h7-10H,5-6,11H2,1-2H3. The summed E-state index contributed by atoms with van der Waals surface area (Å²) in [5.41, 5.74) is 1.16. The van der Waals surface area contributed by atoms with Crippen molar-refractivity contribution in [3.63, 3.8) is 0 Å². The first-order valence-electron chi connectivity index (χ1n) is 5.33. The summed E-state index contributed by atoms with van der Waals surface area (Å²) in [7, 11) is 0. The zero-order valence-corrected chi connectivity index (χ0v) is 9.75. The molecule has 0 amide bonds. The molecule has 0 heterocycles. The van der Waals surface area contributed by atoms with Crippen molar-refractivity contribution in [1.29, 1.82) is 0 Å². The van der Waals surface area contributed by atoms with E-state index >= 15 is 0 Å². The highest BCUT2D eigenvalue weighted by atomic mass is 16.5. The summed E-state index contributed by atoms with van der Waals surface area (Å²) in [4.78, 5) is 10.8. The minimum atomic E-state index is 0.221.